The van der Waals surface area contributed by atoms with E-state index in [0.29, 0.717) is 18.9 Å². The Morgan fingerprint density at radius 1 is 1.24 bits per heavy atom. The SMILES string of the molecule is CC(C)NCCCC1CC2=C(CCC=C2)N(c2ccccc2)S1(=O)=O. The first-order valence-corrected chi connectivity index (χ1v) is 10.7. The van der Waals surface area contributed by atoms with Crippen molar-refractivity contribution in [3.05, 3.63) is 53.8 Å². The van der Waals surface area contributed by atoms with Crippen molar-refractivity contribution >= 4 is 15.7 Å². The van der Waals surface area contributed by atoms with Crippen LogP contribution < -0.4 is 9.62 Å². The van der Waals surface area contributed by atoms with Crippen molar-refractivity contribution in [1.29, 1.82) is 0 Å². The molecule has 0 amide bonds. The first-order valence-electron chi connectivity index (χ1n) is 9.21. The van der Waals surface area contributed by atoms with Crippen LogP contribution in [0.25, 0.3) is 0 Å². The van der Waals surface area contributed by atoms with E-state index in [4.69, 9.17) is 0 Å². The summed E-state index contributed by atoms with van der Waals surface area (Å²) in [6.07, 6.45) is 8.19. The maximum atomic E-state index is 13.3. The molecule has 1 aliphatic heterocycles. The maximum absolute atomic E-state index is 13.3. The van der Waals surface area contributed by atoms with E-state index >= 15 is 0 Å². The minimum absolute atomic E-state index is 0.344. The molecule has 0 aromatic heterocycles. The third-order valence-electron chi connectivity index (χ3n) is 4.85. The molecule has 0 bridgehead atoms. The third-order valence-corrected chi connectivity index (χ3v) is 7.04. The molecule has 1 unspecified atom stereocenters. The van der Waals surface area contributed by atoms with Gasteiger partial charge in [-0.3, -0.25) is 0 Å². The molecule has 136 valence electrons. The number of rotatable bonds is 6. The van der Waals surface area contributed by atoms with Crippen LogP contribution in [0.2, 0.25) is 0 Å². The van der Waals surface area contributed by atoms with Gasteiger partial charge in [0.05, 0.1) is 10.9 Å². The van der Waals surface area contributed by atoms with Gasteiger partial charge in [-0.15, -0.1) is 0 Å². The van der Waals surface area contributed by atoms with E-state index in [9.17, 15) is 8.42 Å². The van der Waals surface area contributed by atoms with Gasteiger partial charge in [0, 0.05) is 11.7 Å². The van der Waals surface area contributed by atoms with E-state index in [1.165, 1.54) is 5.57 Å². The molecule has 0 spiro atoms. The monoisotopic (exact) mass is 360 g/mol. The van der Waals surface area contributed by atoms with Crippen LogP contribution in [0.4, 0.5) is 5.69 Å². The molecule has 1 aliphatic carbocycles. The van der Waals surface area contributed by atoms with Crippen LogP contribution in [0.5, 0.6) is 0 Å². The van der Waals surface area contributed by atoms with Gasteiger partial charge >= 0.3 is 0 Å². The van der Waals surface area contributed by atoms with Crippen LogP contribution in [-0.2, 0) is 10.0 Å². The smallest absolute Gasteiger partial charge is 0.242 e. The second kappa shape index (κ2) is 7.75. The molecule has 0 saturated heterocycles. The van der Waals surface area contributed by atoms with Crippen LogP contribution in [0.15, 0.2) is 53.8 Å². The molecule has 1 aromatic carbocycles. The van der Waals surface area contributed by atoms with Gasteiger partial charge in [-0.1, -0.05) is 44.2 Å². The Labute approximate surface area is 151 Å². The third kappa shape index (κ3) is 3.98. The number of nitrogens with one attached hydrogen (secondary N) is 1. The summed E-state index contributed by atoms with van der Waals surface area (Å²) in [5, 5.41) is 3.03. The molecule has 0 radical (unpaired) electrons. The number of nitrogens with zero attached hydrogens (tertiary/aromatic N) is 1. The molecule has 3 rings (SSSR count). The molecule has 1 atom stereocenters. The summed E-state index contributed by atoms with van der Waals surface area (Å²) >= 11 is 0. The lowest BCUT2D eigenvalue weighted by Gasteiger charge is -2.38. The largest absolute Gasteiger partial charge is 0.315 e. The Bertz CT molecular complexity index is 751. The Balaban J connectivity index is 1.88. The van der Waals surface area contributed by atoms with E-state index < -0.39 is 10.0 Å². The fourth-order valence-corrected chi connectivity index (χ4v) is 5.70. The highest BCUT2D eigenvalue weighted by Crippen LogP contribution is 2.40. The zero-order valence-corrected chi connectivity index (χ0v) is 15.9. The highest BCUT2D eigenvalue weighted by molar-refractivity contribution is 7.93. The molecule has 25 heavy (non-hydrogen) atoms. The number of sulfonamides is 1. The summed E-state index contributed by atoms with van der Waals surface area (Å²) in [7, 11) is -3.37. The van der Waals surface area contributed by atoms with Crippen molar-refractivity contribution < 1.29 is 8.42 Å². The van der Waals surface area contributed by atoms with Crippen LogP contribution in [-0.4, -0.2) is 26.3 Å². The number of hydrogen-bond acceptors (Lipinski definition) is 3. The fraction of sp³-hybridized carbons (Fsp3) is 0.500. The lowest BCUT2D eigenvalue weighted by molar-refractivity contribution is 0.526. The van der Waals surface area contributed by atoms with E-state index in [2.05, 4.69) is 31.3 Å². The predicted molar refractivity (Wildman–Crippen MR) is 104 cm³/mol. The first kappa shape index (κ1) is 18.2. The second-order valence-electron chi connectivity index (χ2n) is 7.14. The molecule has 4 nitrogen and oxygen atoms in total. The Kier molecular flexibility index (Phi) is 5.64. The Morgan fingerprint density at radius 3 is 2.72 bits per heavy atom. The number of benzene rings is 1. The average molecular weight is 361 g/mol. The van der Waals surface area contributed by atoms with Gasteiger partial charge in [-0.25, -0.2) is 12.7 Å². The normalized spacial score (nSPS) is 22.4. The lowest BCUT2D eigenvalue weighted by Crippen LogP contribution is -2.43. The molecule has 2 aliphatic rings. The van der Waals surface area contributed by atoms with Crippen LogP contribution in [0.3, 0.4) is 0 Å². The fourth-order valence-electron chi connectivity index (χ4n) is 3.61. The summed E-state index contributed by atoms with van der Waals surface area (Å²) in [4.78, 5) is 0. The highest BCUT2D eigenvalue weighted by Gasteiger charge is 2.40. The second-order valence-corrected chi connectivity index (χ2v) is 9.20. The molecular formula is C20H28N2O2S. The molecule has 1 N–H and O–H groups in total. The van der Waals surface area contributed by atoms with Crippen LogP contribution in [0.1, 0.15) is 46.0 Å². The number of hydrogen-bond donors (Lipinski definition) is 1. The summed E-state index contributed by atoms with van der Waals surface area (Å²) < 4.78 is 28.3. The molecule has 1 aromatic rings. The molecule has 0 saturated carbocycles. The Morgan fingerprint density at radius 2 is 2.00 bits per heavy atom. The molecular weight excluding hydrogens is 332 g/mol. The van der Waals surface area contributed by atoms with E-state index in [-0.39, 0.29) is 5.25 Å². The number of allylic oxidation sites excluding steroid dienone is 4. The van der Waals surface area contributed by atoms with Crippen molar-refractivity contribution in [3.63, 3.8) is 0 Å². The lowest BCUT2D eigenvalue weighted by atomic mass is 9.97. The average Bonchev–Trinajstić information content (AvgIpc) is 2.59. The van der Waals surface area contributed by atoms with Gasteiger partial charge in [-0.2, -0.15) is 0 Å². The predicted octanol–water partition coefficient (Wildman–Crippen LogP) is 3.98. The summed E-state index contributed by atoms with van der Waals surface area (Å²) in [6, 6.07) is 9.94. The number of anilines is 1. The van der Waals surface area contributed by atoms with Gasteiger partial charge in [0.2, 0.25) is 10.0 Å². The first-order chi connectivity index (χ1) is 12.0. The summed E-state index contributed by atoms with van der Waals surface area (Å²) in [6.45, 7) is 5.08. The molecule has 1 heterocycles. The minimum atomic E-state index is -3.37. The van der Waals surface area contributed by atoms with Gasteiger partial charge in [-0.05, 0) is 56.4 Å². The van der Waals surface area contributed by atoms with Crippen molar-refractivity contribution in [1.82, 2.24) is 5.32 Å². The quantitative estimate of drug-likeness (QED) is 0.781. The van der Waals surface area contributed by atoms with Gasteiger partial charge in [0.25, 0.3) is 0 Å². The van der Waals surface area contributed by atoms with Gasteiger partial charge < -0.3 is 5.32 Å². The van der Waals surface area contributed by atoms with Crippen LogP contribution in [0, 0.1) is 0 Å². The van der Waals surface area contributed by atoms with Crippen molar-refractivity contribution in [3.8, 4) is 0 Å². The van der Waals surface area contributed by atoms with E-state index in [0.717, 1.165) is 37.2 Å². The maximum Gasteiger partial charge on any atom is 0.242 e. The van der Waals surface area contributed by atoms with Crippen LogP contribution >= 0.6 is 0 Å². The standard InChI is InChI=1S/C20H28N2O2S/c1-16(2)21-14-8-12-19-15-17-9-6-7-13-20(17)22(25(19,23)24)18-10-4-3-5-11-18/h3-6,9-11,16,19,21H,7-8,12-15H2,1-2H3. The topological polar surface area (TPSA) is 49.4 Å². The Hall–Kier alpha value is -1.59. The van der Waals surface area contributed by atoms with Gasteiger partial charge in [0.15, 0.2) is 0 Å². The van der Waals surface area contributed by atoms with Gasteiger partial charge in [0.1, 0.15) is 0 Å². The van der Waals surface area contributed by atoms with E-state index in [1.54, 1.807) is 4.31 Å². The summed E-state index contributed by atoms with van der Waals surface area (Å²) in [5.41, 5.74) is 2.91. The van der Waals surface area contributed by atoms with E-state index in [1.807, 2.05) is 30.3 Å². The number of para-hydroxylation sites is 1. The minimum Gasteiger partial charge on any atom is -0.315 e. The molecule has 5 heteroatoms. The zero-order valence-electron chi connectivity index (χ0n) is 15.1. The van der Waals surface area contributed by atoms with Crippen molar-refractivity contribution in [2.45, 2.75) is 57.2 Å². The molecule has 0 fully saturated rings. The van der Waals surface area contributed by atoms with Crippen molar-refractivity contribution in [2.24, 2.45) is 0 Å². The zero-order chi connectivity index (χ0) is 17.9. The van der Waals surface area contributed by atoms with Crippen molar-refractivity contribution in [2.75, 3.05) is 10.8 Å². The summed E-state index contributed by atoms with van der Waals surface area (Å²) in [5.74, 6) is 0. The highest BCUT2D eigenvalue weighted by atomic mass is 32.2.